The van der Waals surface area contributed by atoms with Gasteiger partial charge in [0.1, 0.15) is 66.8 Å². The summed E-state index contributed by atoms with van der Waals surface area (Å²) >= 11 is 0. The summed E-state index contributed by atoms with van der Waals surface area (Å²) in [5, 5.41) is 214. The Bertz CT molecular complexity index is 2530. The molecule has 28 heteroatoms. The van der Waals surface area contributed by atoms with Gasteiger partial charge in [0.05, 0.1) is 92.1 Å². The molecule has 574 valence electrons. The van der Waals surface area contributed by atoms with E-state index in [1.807, 2.05) is 48.6 Å². The van der Waals surface area contributed by atoms with Gasteiger partial charge in [0, 0.05) is 32.1 Å². The Labute approximate surface area is 584 Å². The van der Waals surface area contributed by atoms with Crippen molar-refractivity contribution in [3.63, 3.8) is 0 Å². The van der Waals surface area contributed by atoms with E-state index in [0.717, 1.165) is 12.8 Å². The van der Waals surface area contributed by atoms with Crippen molar-refractivity contribution in [1.82, 2.24) is 0 Å². The van der Waals surface area contributed by atoms with Gasteiger partial charge >= 0.3 is 10.4 Å². The molecule has 0 spiro atoms. The molecule has 2 fully saturated rings. The Morgan fingerprint density at radius 1 is 0.566 bits per heavy atom. The minimum Gasteiger partial charge on any atom is -0.394 e. The lowest BCUT2D eigenvalue weighted by Gasteiger charge is -2.42. The van der Waals surface area contributed by atoms with Gasteiger partial charge in [-0.2, -0.15) is 8.42 Å². The van der Waals surface area contributed by atoms with E-state index in [1.54, 1.807) is 32.9 Å². The summed E-state index contributed by atoms with van der Waals surface area (Å²) in [6.07, 6.45) is -9.58. The standard InChI is InChI=1S/C71H122O27S/c1-6-7-8-9-10-11-12-13-14-15-16-17-18-19-27-54(79)65(88)70-68(91)60(85)41-62(97-70)69(92)64(87)45(4)30-33-53(78)61-40-59(84)67(90)71(96-61)66(89)57(82)35-44(3)29-32-49(75)39-58(83)63(86)46(5)36-56(81)55(80)34-43(2)28-31-48(74)38-51(77)37-47(73)24-22-26-52(98-99(93,94)95)25-21-20-23-50(76)42-72/h6-8,11-16,19,27,35,43,46-50,52-76,78-92H,1,4,9-10,17-18,20-26,28-34,36-42H2,2-3,5H3,(H,93,94,95)/b8-7+,12-11+,14-13+,16-15+,27-19+,44-35+. The summed E-state index contributed by atoms with van der Waals surface area (Å²) in [4.78, 5) is 12.6. The zero-order chi connectivity index (χ0) is 74.5. The van der Waals surface area contributed by atoms with Gasteiger partial charge in [-0.1, -0.05) is 118 Å². The second-order valence-electron chi connectivity index (χ2n) is 27.2. The highest BCUT2D eigenvalue weighted by Crippen LogP contribution is 2.32. The van der Waals surface area contributed by atoms with Crippen molar-refractivity contribution in [3.8, 4) is 0 Å². The van der Waals surface area contributed by atoms with Crippen molar-refractivity contribution in [2.45, 2.75) is 321 Å². The maximum Gasteiger partial charge on any atom is 0.397 e. The van der Waals surface area contributed by atoms with Crippen LogP contribution in [0.15, 0.2) is 97.2 Å². The monoisotopic (exact) mass is 1440 g/mol. The van der Waals surface area contributed by atoms with E-state index >= 15 is 0 Å². The smallest absolute Gasteiger partial charge is 0.394 e. The summed E-state index contributed by atoms with van der Waals surface area (Å²) < 4.78 is 48.1. The Morgan fingerprint density at radius 3 is 1.67 bits per heavy atom. The number of aliphatic hydroxyl groups excluding tert-OH is 20. The largest absolute Gasteiger partial charge is 0.397 e. The molecule has 0 aromatic carbocycles. The predicted molar refractivity (Wildman–Crippen MR) is 368 cm³/mol. The number of unbranched alkanes of at least 4 members (excludes halogenated alkanes) is 3. The van der Waals surface area contributed by atoms with Crippen molar-refractivity contribution in [1.29, 1.82) is 0 Å². The van der Waals surface area contributed by atoms with E-state index in [0.29, 0.717) is 37.7 Å². The molecule has 26 unspecified atom stereocenters. The minimum absolute atomic E-state index is 0.00967. The number of ether oxygens (including phenoxy) is 2. The Hall–Kier alpha value is -3.42. The molecule has 21 N–H and O–H groups in total. The Kier molecular flexibility index (Phi) is 45.7. The van der Waals surface area contributed by atoms with Crippen LogP contribution in [0.1, 0.15) is 175 Å². The van der Waals surface area contributed by atoms with Crippen LogP contribution in [0.3, 0.4) is 0 Å². The first-order valence-electron chi connectivity index (χ1n) is 34.9. The van der Waals surface area contributed by atoms with Gasteiger partial charge in [0.15, 0.2) is 0 Å². The fraction of sp³-hybridized carbons (Fsp3) is 0.761. The van der Waals surface area contributed by atoms with Crippen LogP contribution in [0, 0.1) is 11.8 Å². The Balaban J connectivity index is 1.81. The number of allylic oxidation sites excluding steroid dienone is 11. The lowest BCUT2D eigenvalue weighted by Crippen LogP contribution is -2.59. The third-order valence-electron chi connectivity index (χ3n) is 18.3. The molecule has 0 radical (unpaired) electrons. The zero-order valence-corrected chi connectivity index (χ0v) is 58.6. The first-order valence-corrected chi connectivity index (χ1v) is 36.3. The minimum atomic E-state index is -4.75. The fourth-order valence-corrected chi connectivity index (χ4v) is 12.6. The molecule has 2 aliphatic rings. The number of rotatable bonds is 53. The molecule has 0 bridgehead atoms. The van der Waals surface area contributed by atoms with Crippen LogP contribution in [0.25, 0.3) is 0 Å². The SMILES string of the molecule is C=C/C=C/CC/C=C/C=C/C=C/CC/C=C/C(O)C(O)C1OC(C(O)C(O)C(=C)CCC(O)C2CC(O)C(O)C(C(O)C(O)/C=C(\C)CCC(O)CC(O)C(O)C(C)CC(O)C(O)CC(C)CCC(O)CC(=O)CC(O)CCCC(CCCCC(O)CO)OS(=O)(=O)O)O2)CC(O)C1O. The maximum atomic E-state index is 12.6. The van der Waals surface area contributed by atoms with Gasteiger partial charge < -0.3 is 112 Å². The normalized spacial score (nSPS) is 26.3. The first kappa shape index (κ1) is 91.7. The van der Waals surface area contributed by atoms with E-state index in [-0.39, 0.29) is 121 Å². The number of aliphatic hydroxyl groups is 20. The second-order valence-corrected chi connectivity index (χ2v) is 28.3. The number of ketones is 1. The average molecular weight is 1440 g/mol. The van der Waals surface area contributed by atoms with Gasteiger partial charge in [-0.3, -0.25) is 9.35 Å². The summed E-state index contributed by atoms with van der Waals surface area (Å²) in [6.45, 7) is 11.9. The molecule has 2 rings (SSSR count). The third-order valence-corrected chi connectivity index (χ3v) is 18.8. The van der Waals surface area contributed by atoms with Crippen LogP contribution < -0.4 is 0 Å². The van der Waals surface area contributed by atoms with Crippen LogP contribution in [0.5, 0.6) is 0 Å². The third kappa shape index (κ3) is 37.2. The summed E-state index contributed by atoms with van der Waals surface area (Å²) in [7, 11) is -4.75. The highest BCUT2D eigenvalue weighted by Gasteiger charge is 2.47. The quantitative estimate of drug-likeness (QED) is 0.0176. The lowest BCUT2D eigenvalue weighted by atomic mass is 9.86. The van der Waals surface area contributed by atoms with E-state index in [2.05, 4.69) is 13.2 Å². The first-order chi connectivity index (χ1) is 46.6. The zero-order valence-electron chi connectivity index (χ0n) is 57.8. The van der Waals surface area contributed by atoms with Crippen molar-refractivity contribution < 1.29 is 134 Å². The van der Waals surface area contributed by atoms with Crippen LogP contribution in [-0.2, 0) is 28.9 Å². The van der Waals surface area contributed by atoms with E-state index < -0.39 is 175 Å². The second kappa shape index (κ2) is 49.3. The summed E-state index contributed by atoms with van der Waals surface area (Å²) in [6, 6.07) is 0. The molecular formula is C71H122O27S. The molecular weight excluding hydrogens is 1320 g/mol. The molecule has 0 amide bonds. The molecule has 0 saturated carbocycles. The molecule has 2 aliphatic heterocycles. The van der Waals surface area contributed by atoms with Crippen molar-refractivity contribution in [3.05, 3.63) is 97.2 Å². The van der Waals surface area contributed by atoms with Gasteiger partial charge in [-0.25, -0.2) is 4.18 Å². The van der Waals surface area contributed by atoms with Gasteiger partial charge in [0.2, 0.25) is 0 Å². The number of carbonyl (C=O) groups is 1. The highest BCUT2D eigenvalue weighted by molar-refractivity contribution is 7.80. The predicted octanol–water partition coefficient (Wildman–Crippen LogP) is 1.23. The molecule has 2 heterocycles. The molecule has 0 aromatic rings. The van der Waals surface area contributed by atoms with Crippen LogP contribution >= 0.6 is 0 Å². The van der Waals surface area contributed by atoms with Gasteiger partial charge in [-0.05, 0) is 133 Å². The molecule has 27 nitrogen and oxygen atoms in total. The molecule has 26 atom stereocenters. The van der Waals surface area contributed by atoms with Crippen molar-refractivity contribution >= 4 is 16.2 Å². The molecule has 2 saturated heterocycles. The summed E-state index contributed by atoms with van der Waals surface area (Å²) in [5.74, 6) is -1.41. The number of Topliss-reactive ketones (excluding diaryl/α,β-unsaturated/α-hetero) is 1. The van der Waals surface area contributed by atoms with Crippen molar-refractivity contribution in [2.75, 3.05) is 6.61 Å². The maximum absolute atomic E-state index is 12.6. The number of hydrogen-bond donors (Lipinski definition) is 21. The van der Waals surface area contributed by atoms with E-state index in [1.165, 1.54) is 12.2 Å². The molecule has 99 heavy (non-hydrogen) atoms. The number of carbonyl (C=O) groups excluding carboxylic acids is 1. The van der Waals surface area contributed by atoms with E-state index in [4.69, 9.17) is 23.3 Å². The van der Waals surface area contributed by atoms with E-state index in [9.17, 15) is 110 Å². The van der Waals surface area contributed by atoms with Gasteiger partial charge in [0.25, 0.3) is 0 Å². The average Bonchev–Trinajstić information content (AvgIpc) is 1.20. The highest BCUT2D eigenvalue weighted by atomic mass is 32.3. The molecule has 0 aromatic heterocycles. The van der Waals surface area contributed by atoms with Crippen LogP contribution in [0.2, 0.25) is 0 Å². The van der Waals surface area contributed by atoms with Crippen molar-refractivity contribution in [2.24, 2.45) is 11.8 Å². The van der Waals surface area contributed by atoms with Crippen LogP contribution in [0.4, 0.5) is 0 Å². The topological polar surface area (TPSA) is 504 Å². The molecule has 0 aliphatic carbocycles. The lowest BCUT2D eigenvalue weighted by molar-refractivity contribution is -0.234. The summed E-state index contributed by atoms with van der Waals surface area (Å²) in [5.41, 5.74) is 0.435. The number of hydrogen-bond acceptors (Lipinski definition) is 26. The van der Waals surface area contributed by atoms with Gasteiger partial charge in [-0.15, -0.1) is 0 Å². The Morgan fingerprint density at radius 2 is 1.08 bits per heavy atom. The van der Waals surface area contributed by atoms with Crippen LogP contribution in [-0.4, -0.2) is 274 Å². The fourth-order valence-electron chi connectivity index (χ4n) is 12.1.